The second-order valence-corrected chi connectivity index (χ2v) is 13.0. The fourth-order valence-electron chi connectivity index (χ4n) is 5.05. The molecule has 3 amide bonds. The summed E-state index contributed by atoms with van der Waals surface area (Å²) in [5.41, 5.74) is 4.09. The normalized spacial score (nSPS) is 15.7. The number of likely N-dealkylation sites (tertiary alicyclic amines) is 1. The van der Waals surface area contributed by atoms with Gasteiger partial charge in [-0.1, -0.05) is 64.3 Å². The maximum Gasteiger partial charge on any atom is 0.305 e. The molecule has 43 heavy (non-hydrogen) atoms. The van der Waals surface area contributed by atoms with Crippen LogP contribution in [0, 0.1) is 12.3 Å². The highest BCUT2D eigenvalue weighted by Crippen LogP contribution is 2.28. The average molecular weight is 613 g/mol. The Morgan fingerprint density at radius 1 is 1.05 bits per heavy atom. The standard InChI is InChI=1S/C32H44N4O6S/c1-21-28(43-20-34-21)23-15-13-22(14-16-23)18-33-30(40)25-17-24(37)19-36(25)31(41)29(32(2,3)4)35-26(38)11-9-7-6-8-10-12-27(39)42-5/h13-16,20,25,29H,6-12,17-19H2,1-5H3,(H,33,40)(H,35,38)/t25-,29+/m0/s1. The molecule has 0 radical (unpaired) electrons. The number of benzene rings is 1. The monoisotopic (exact) mass is 612 g/mol. The molecule has 0 unspecified atom stereocenters. The molecule has 0 saturated carbocycles. The molecule has 1 aromatic heterocycles. The number of carbonyl (C=O) groups excluding carboxylic acids is 5. The molecule has 0 aliphatic carbocycles. The lowest BCUT2D eigenvalue weighted by molar-refractivity contribution is -0.144. The fraction of sp³-hybridized carbons (Fsp3) is 0.562. The number of ether oxygens (including phenoxy) is 1. The van der Waals surface area contributed by atoms with Crippen molar-refractivity contribution in [3.05, 3.63) is 41.0 Å². The van der Waals surface area contributed by atoms with Crippen LogP contribution < -0.4 is 10.6 Å². The van der Waals surface area contributed by atoms with Gasteiger partial charge in [0.25, 0.3) is 0 Å². The molecular formula is C32H44N4O6S. The summed E-state index contributed by atoms with van der Waals surface area (Å²) >= 11 is 1.57. The minimum atomic E-state index is -0.925. The first-order valence-electron chi connectivity index (χ1n) is 14.9. The van der Waals surface area contributed by atoms with Gasteiger partial charge in [0.15, 0.2) is 5.78 Å². The van der Waals surface area contributed by atoms with Gasteiger partial charge < -0.3 is 20.3 Å². The van der Waals surface area contributed by atoms with Gasteiger partial charge in [-0.15, -0.1) is 11.3 Å². The summed E-state index contributed by atoms with van der Waals surface area (Å²) in [5.74, 6) is -1.48. The van der Waals surface area contributed by atoms with E-state index in [2.05, 4.69) is 20.4 Å². The van der Waals surface area contributed by atoms with E-state index in [9.17, 15) is 24.0 Å². The van der Waals surface area contributed by atoms with Crippen LogP contribution in [0.2, 0.25) is 0 Å². The van der Waals surface area contributed by atoms with Crippen LogP contribution in [0.5, 0.6) is 0 Å². The van der Waals surface area contributed by atoms with E-state index >= 15 is 0 Å². The Bertz CT molecular complexity index is 1280. The summed E-state index contributed by atoms with van der Waals surface area (Å²) < 4.78 is 4.64. The lowest BCUT2D eigenvalue weighted by atomic mass is 9.85. The van der Waals surface area contributed by atoms with Gasteiger partial charge in [-0.3, -0.25) is 24.0 Å². The number of hydrogen-bond donors (Lipinski definition) is 2. The van der Waals surface area contributed by atoms with Crippen molar-refractivity contribution in [2.75, 3.05) is 13.7 Å². The molecule has 1 aliphatic heterocycles. The zero-order valence-electron chi connectivity index (χ0n) is 25.9. The molecule has 2 atom stereocenters. The predicted octanol–water partition coefficient (Wildman–Crippen LogP) is 4.34. The highest BCUT2D eigenvalue weighted by Gasteiger charge is 2.44. The summed E-state index contributed by atoms with van der Waals surface area (Å²) in [6, 6.07) is 6.03. The first-order chi connectivity index (χ1) is 20.4. The zero-order chi connectivity index (χ0) is 31.6. The van der Waals surface area contributed by atoms with Crippen molar-refractivity contribution in [3.63, 3.8) is 0 Å². The van der Waals surface area contributed by atoms with E-state index < -0.39 is 29.3 Å². The number of thiazole rings is 1. The molecule has 2 aromatic rings. The molecule has 2 N–H and O–H groups in total. The molecule has 10 nitrogen and oxygen atoms in total. The third-order valence-corrected chi connectivity index (χ3v) is 8.57. The number of methoxy groups -OCH3 is 1. The molecule has 1 aromatic carbocycles. The fourth-order valence-corrected chi connectivity index (χ4v) is 5.86. The Morgan fingerprint density at radius 3 is 2.30 bits per heavy atom. The van der Waals surface area contributed by atoms with Crippen LogP contribution in [0.4, 0.5) is 0 Å². The number of nitrogens with zero attached hydrogens (tertiary/aromatic N) is 2. The molecule has 3 rings (SSSR count). The van der Waals surface area contributed by atoms with E-state index in [0.717, 1.165) is 47.4 Å². The van der Waals surface area contributed by atoms with Crippen molar-refractivity contribution >= 4 is 40.8 Å². The number of rotatable bonds is 14. The van der Waals surface area contributed by atoms with Crippen LogP contribution in [-0.4, -0.2) is 65.1 Å². The van der Waals surface area contributed by atoms with E-state index in [1.807, 2.05) is 57.5 Å². The minimum Gasteiger partial charge on any atom is -0.469 e. The quantitative estimate of drug-likeness (QED) is 0.239. The number of Topliss-reactive ketones (excluding diaryl/α,β-unsaturated/α-hetero) is 1. The molecule has 1 fully saturated rings. The van der Waals surface area contributed by atoms with Gasteiger partial charge in [-0.05, 0) is 36.3 Å². The van der Waals surface area contributed by atoms with Gasteiger partial charge in [-0.2, -0.15) is 0 Å². The van der Waals surface area contributed by atoms with Crippen molar-refractivity contribution in [2.24, 2.45) is 5.41 Å². The average Bonchev–Trinajstić information content (AvgIpc) is 3.58. The highest BCUT2D eigenvalue weighted by atomic mass is 32.1. The molecule has 234 valence electrons. The maximum atomic E-state index is 13.7. The second kappa shape index (κ2) is 15.7. The van der Waals surface area contributed by atoms with E-state index in [1.165, 1.54) is 12.0 Å². The Balaban J connectivity index is 1.54. The summed E-state index contributed by atoms with van der Waals surface area (Å²) in [6.07, 6.45) is 4.63. The molecule has 1 aliphatic rings. The molecule has 1 saturated heterocycles. The number of ketones is 1. The molecule has 0 bridgehead atoms. The van der Waals surface area contributed by atoms with Gasteiger partial charge in [0, 0.05) is 25.8 Å². The smallest absolute Gasteiger partial charge is 0.305 e. The highest BCUT2D eigenvalue weighted by molar-refractivity contribution is 7.13. The summed E-state index contributed by atoms with van der Waals surface area (Å²) in [7, 11) is 1.37. The van der Waals surface area contributed by atoms with Crippen molar-refractivity contribution in [2.45, 2.75) is 97.7 Å². The third kappa shape index (κ3) is 9.98. The van der Waals surface area contributed by atoms with Crippen LogP contribution >= 0.6 is 11.3 Å². The summed E-state index contributed by atoms with van der Waals surface area (Å²) in [4.78, 5) is 70.0. The van der Waals surface area contributed by atoms with E-state index in [1.54, 1.807) is 11.3 Å². The van der Waals surface area contributed by atoms with Crippen LogP contribution in [0.25, 0.3) is 10.4 Å². The number of amides is 3. The minimum absolute atomic E-state index is 0.0536. The number of hydrogen-bond acceptors (Lipinski definition) is 8. The van der Waals surface area contributed by atoms with Crippen LogP contribution in [0.3, 0.4) is 0 Å². The van der Waals surface area contributed by atoms with Gasteiger partial charge in [0.05, 0.1) is 29.7 Å². The van der Waals surface area contributed by atoms with Gasteiger partial charge in [0.1, 0.15) is 12.1 Å². The van der Waals surface area contributed by atoms with Gasteiger partial charge in [0.2, 0.25) is 17.7 Å². The van der Waals surface area contributed by atoms with Crippen molar-refractivity contribution in [1.82, 2.24) is 20.5 Å². The first-order valence-corrected chi connectivity index (χ1v) is 15.7. The number of esters is 1. The third-order valence-electron chi connectivity index (χ3n) is 7.59. The Morgan fingerprint density at radius 2 is 1.70 bits per heavy atom. The number of unbranched alkanes of at least 4 members (excludes halogenated alkanes) is 4. The van der Waals surface area contributed by atoms with Gasteiger partial charge >= 0.3 is 5.97 Å². The Hall–Kier alpha value is -3.60. The Kier molecular flexibility index (Phi) is 12.4. The predicted molar refractivity (Wildman–Crippen MR) is 165 cm³/mol. The lowest BCUT2D eigenvalue weighted by Gasteiger charge is -2.35. The number of aryl methyl sites for hydroxylation is 1. The van der Waals surface area contributed by atoms with Crippen LogP contribution in [0.15, 0.2) is 29.8 Å². The van der Waals surface area contributed by atoms with Crippen LogP contribution in [-0.2, 0) is 35.3 Å². The summed E-state index contributed by atoms with van der Waals surface area (Å²) in [5, 5.41) is 5.75. The first kappa shape index (κ1) is 33.9. The lowest BCUT2D eigenvalue weighted by Crippen LogP contribution is -2.57. The van der Waals surface area contributed by atoms with Crippen LogP contribution in [0.1, 0.15) is 83.4 Å². The second-order valence-electron chi connectivity index (χ2n) is 12.1. The number of carbonyl (C=O) groups is 5. The number of aromatic nitrogens is 1. The SMILES string of the molecule is COC(=O)CCCCCCCC(=O)N[C@H](C(=O)N1CC(=O)C[C@H]1C(=O)NCc1ccc(-c2scnc2C)cc1)C(C)(C)C. The van der Waals surface area contributed by atoms with Crippen molar-refractivity contribution < 1.29 is 28.7 Å². The molecule has 11 heteroatoms. The van der Waals surface area contributed by atoms with E-state index in [-0.39, 0.29) is 43.6 Å². The van der Waals surface area contributed by atoms with Gasteiger partial charge in [-0.25, -0.2) is 4.98 Å². The van der Waals surface area contributed by atoms with Crippen molar-refractivity contribution in [3.8, 4) is 10.4 Å². The zero-order valence-corrected chi connectivity index (χ0v) is 26.7. The number of nitrogens with one attached hydrogen (secondary N) is 2. The van der Waals surface area contributed by atoms with E-state index in [4.69, 9.17) is 0 Å². The van der Waals surface area contributed by atoms with Crippen molar-refractivity contribution in [1.29, 1.82) is 0 Å². The van der Waals surface area contributed by atoms with E-state index in [0.29, 0.717) is 12.8 Å². The largest absolute Gasteiger partial charge is 0.469 e. The molecule has 0 spiro atoms. The molecular weight excluding hydrogens is 568 g/mol. The maximum absolute atomic E-state index is 13.7. The molecule has 2 heterocycles. The summed E-state index contributed by atoms with van der Waals surface area (Å²) in [6.45, 7) is 7.61. The topological polar surface area (TPSA) is 135 Å². The Labute approximate surface area is 258 Å².